The van der Waals surface area contributed by atoms with E-state index in [0.717, 1.165) is 26.2 Å². The van der Waals surface area contributed by atoms with Crippen molar-refractivity contribution in [3.63, 3.8) is 0 Å². The molecule has 2 aliphatic rings. The molecule has 0 aromatic carbocycles. The number of epoxide rings is 1. The third kappa shape index (κ3) is 1.31. The average molecular weight is 144 g/mol. The highest BCUT2D eigenvalue weighted by molar-refractivity contribution is 4.79. The molecular formula is C7H12O3. The molecule has 2 fully saturated rings. The van der Waals surface area contributed by atoms with Crippen molar-refractivity contribution >= 4 is 0 Å². The monoisotopic (exact) mass is 144 g/mol. The zero-order chi connectivity index (χ0) is 7.03. The first kappa shape index (κ1) is 6.58. The van der Waals surface area contributed by atoms with E-state index in [1.165, 1.54) is 0 Å². The molecule has 0 spiro atoms. The van der Waals surface area contributed by atoms with E-state index in [1.807, 2.05) is 6.92 Å². The Balaban J connectivity index is 1.86. The van der Waals surface area contributed by atoms with Crippen LogP contribution in [0.15, 0.2) is 0 Å². The van der Waals surface area contributed by atoms with Gasteiger partial charge in [-0.25, -0.2) is 0 Å². The van der Waals surface area contributed by atoms with Gasteiger partial charge in [0, 0.05) is 6.42 Å². The largest absolute Gasteiger partial charge is 0.373 e. The number of ether oxygens (including phenoxy) is 3. The maximum absolute atomic E-state index is 5.39. The molecule has 0 aromatic rings. The van der Waals surface area contributed by atoms with Crippen molar-refractivity contribution in [1.29, 1.82) is 0 Å². The Morgan fingerprint density at radius 1 is 1.40 bits per heavy atom. The quantitative estimate of drug-likeness (QED) is 0.530. The molecule has 1 atom stereocenters. The Labute approximate surface area is 60.3 Å². The predicted molar refractivity (Wildman–Crippen MR) is 34.7 cm³/mol. The van der Waals surface area contributed by atoms with Crippen LogP contribution in [-0.4, -0.2) is 31.7 Å². The van der Waals surface area contributed by atoms with Gasteiger partial charge in [-0.3, -0.25) is 0 Å². The smallest absolute Gasteiger partial charge is 0.168 e. The molecule has 58 valence electrons. The highest BCUT2D eigenvalue weighted by Gasteiger charge is 2.38. The van der Waals surface area contributed by atoms with Crippen LogP contribution in [0.4, 0.5) is 0 Å². The molecule has 2 saturated heterocycles. The number of hydrogen-bond acceptors (Lipinski definition) is 3. The van der Waals surface area contributed by atoms with Crippen molar-refractivity contribution in [3.05, 3.63) is 0 Å². The van der Waals surface area contributed by atoms with Crippen molar-refractivity contribution in [2.75, 3.05) is 19.8 Å². The van der Waals surface area contributed by atoms with Crippen molar-refractivity contribution < 1.29 is 14.2 Å². The summed E-state index contributed by atoms with van der Waals surface area (Å²) in [6.07, 6.45) is 1.27. The average Bonchev–Trinajstić information content (AvgIpc) is 2.56. The van der Waals surface area contributed by atoms with Crippen LogP contribution in [0.5, 0.6) is 0 Å². The van der Waals surface area contributed by atoms with Gasteiger partial charge in [-0.1, -0.05) is 0 Å². The van der Waals surface area contributed by atoms with Gasteiger partial charge in [-0.15, -0.1) is 0 Å². The standard InChI is InChI=1S/C7H12O3/c1-7(4-6-5-8-6)9-2-3-10-7/h6H,2-5H2,1H3. The van der Waals surface area contributed by atoms with Crippen LogP contribution < -0.4 is 0 Å². The topological polar surface area (TPSA) is 31.0 Å². The lowest BCUT2D eigenvalue weighted by Gasteiger charge is -2.20. The summed E-state index contributed by atoms with van der Waals surface area (Å²) in [6.45, 7) is 4.30. The second-order valence-corrected chi connectivity index (χ2v) is 2.99. The summed E-state index contributed by atoms with van der Waals surface area (Å²) in [7, 11) is 0. The maximum Gasteiger partial charge on any atom is 0.168 e. The lowest BCUT2D eigenvalue weighted by atomic mass is 10.2. The van der Waals surface area contributed by atoms with E-state index in [4.69, 9.17) is 14.2 Å². The molecular weight excluding hydrogens is 132 g/mol. The third-order valence-electron chi connectivity index (χ3n) is 1.90. The van der Waals surface area contributed by atoms with Crippen LogP contribution in [0.1, 0.15) is 13.3 Å². The summed E-state index contributed by atoms with van der Waals surface area (Å²) >= 11 is 0. The van der Waals surface area contributed by atoms with Crippen LogP contribution in [0, 0.1) is 0 Å². The zero-order valence-electron chi connectivity index (χ0n) is 6.13. The molecule has 10 heavy (non-hydrogen) atoms. The minimum absolute atomic E-state index is 0.346. The van der Waals surface area contributed by atoms with Gasteiger partial charge in [0.25, 0.3) is 0 Å². The first-order chi connectivity index (χ1) is 4.79. The summed E-state index contributed by atoms with van der Waals surface area (Å²) in [5.41, 5.74) is 0. The highest BCUT2D eigenvalue weighted by Crippen LogP contribution is 2.29. The molecule has 2 heterocycles. The molecule has 3 nitrogen and oxygen atoms in total. The second-order valence-electron chi connectivity index (χ2n) is 2.99. The SMILES string of the molecule is CC1(CC2CO2)OCCO1. The van der Waals surface area contributed by atoms with E-state index in [9.17, 15) is 0 Å². The predicted octanol–water partition coefficient (Wildman–Crippen LogP) is 0.538. The van der Waals surface area contributed by atoms with Crippen LogP contribution >= 0.6 is 0 Å². The van der Waals surface area contributed by atoms with Gasteiger partial charge >= 0.3 is 0 Å². The van der Waals surface area contributed by atoms with E-state index < -0.39 is 0 Å². The molecule has 0 N–H and O–H groups in total. The van der Waals surface area contributed by atoms with Crippen molar-refractivity contribution in [2.45, 2.75) is 25.2 Å². The van der Waals surface area contributed by atoms with E-state index in [1.54, 1.807) is 0 Å². The van der Waals surface area contributed by atoms with Gasteiger partial charge in [0.15, 0.2) is 5.79 Å². The van der Waals surface area contributed by atoms with E-state index in [-0.39, 0.29) is 5.79 Å². The van der Waals surface area contributed by atoms with Gasteiger partial charge in [-0.2, -0.15) is 0 Å². The van der Waals surface area contributed by atoms with E-state index in [0.29, 0.717) is 6.10 Å². The van der Waals surface area contributed by atoms with Crippen LogP contribution in [0.3, 0.4) is 0 Å². The Bertz CT molecular complexity index is 125. The second kappa shape index (κ2) is 2.19. The van der Waals surface area contributed by atoms with Crippen LogP contribution in [0.2, 0.25) is 0 Å². The Kier molecular flexibility index (Phi) is 1.44. The molecule has 0 saturated carbocycles. The van der Waals surface area contributed by atoms with E-state index in [2.05, 4.69) is 0 Å². The summed E-state index contributed by atoms with van der Waals surface area (Å²) in [5.74, 6) is -0.346. The molecule has 0 aliphatic carbocycles. The fraction of sp³-hybridized carbons (Fsp3) is 1.00. The van der Waals surface area contributed by atoms with Gasteiger partial charge in [0.2, 0.25) is 0 Å². The molecule has 3 heteroatoms. The zero-order valence-corrected chi connectivity index (χ0v) is 6.13. The van der Waals surface area contributed by atoms with Crippen LogP contribution in [-0.2, 0) is 14.2 Å². The molecule has 2 rings (SSSR count). The summed E-state index contributed by atoms with van der Waals surface area (Å²) in [4.78, 5) is 0. The van der Waals surface area contributed by atoms with Gasteiger partial charge < -0.3 is 14.2 Å². The Morgan fingerprint density at radius 3 is 2.50 bits per heavy atom. The maximum atomic E-state index is 5.39. The molecule has 1 unspecified atom stereocenters. The summed E-state index contributed by atoms with van der Waals surface area (Å²) < 4.78 is 15.9. The highest BCUT2D eigenvalue weighted by atomic mass is 16.7. The molecule has 0 radical (unpaired) electrons. The number of rotatable bonds is 2. The molecule has 0 bridgehead atoms. The van der Waals surface area contributed by atoms with Gasteiger partial charge in [0.05, 0.1) is 25.9 Å². The summed E-state index contributed by atoms with van der Waals surface area (Å²) in [6, 6.07) is 0. The fourth-order valence-electron chi connectivity index (χ4n) is 1.27. The van der Waals surface area contributed by atoms with Crippen molar-refractivity contribution in [1.82, 2.24) is 0 Å². The normalized spacial score (nSPS) is 36.3. The molecule has 0 aromatic heterocycles. The first-order valence-electron chi connectivity index (χ1n) is 3.68. The lowest BCUT2D eigenvalue weighted by Crippen LogP contribution is -2.27. The van der Waals surface area contributed by atoms with Crippen LogP contribution in [0.25, 0.3) is 0 Å². The van der Waals surface area contributed by atoms with E-state index >= 15 is 0 Å². The fourth-order valence-corrected chi connectivity index (χ4v) is 1.27. The Morgan fingerprint density at radius 2 is 2.00 bits per heavy atom. The van der Waals surface area contributed by atoms with Crippen molar-refractivity contribution in [2.24, 2.45) is 0 Å². The molecule has 2 aliphatic heterocycles. The van der Waals surface area contributed by atoms with Gasteiger partial charge in [-0.05, 0) is 6.92 Å². The summed E-state index contributed by atoms with van der Waals surface area (Å²) in [5, 5.41) is 0. The lowest BCUT2D eigenvalue weighted by molar-refractivity contribution is -0.149. The first-order valence-corrected chi connectivity index (χ1v) is 3.68. The van der Waals surface area contributed by atoms with Crippen molar-refractivity contribution in [3.8, 4) is 0 Å². The minimum atomic E-state index is -0.346. The Hall–Kier alpha value is -0.120. The van der Waals surface area contributed by atoms with Gasteiger partial charge in [0.1, 0.15) is 0 Å². The number of hydrogen-bond donors (Lipinski definition) is 0. The molecule has 0 amide bonds. The minimum Gasteiger partial charge on any atom is -0.373 e. The third-order valence-corrected chi connectivity index (χ3v) is 1.90.